The molecule has 1 aromatic heterocycles. The summed E-state index contributed by atoms with van der Waals surface area (Å²) in [5.74, 6) is 0.168. The van der Waals surface area contributed by atoms with Gasteiger partial charge in [0.25, 0.3) is 5.56 Å². The third kappa shape index (κ3) is 5.86. The molecule has 2 aromatic carbocycles. The van der Waals surface area contributed by atoms with E-state index < -0.39 is 9.84 Å². The molecule has 35 heavy (non-hydrogen) atoms. The van der Waals surface area contributed by atoms with Gasteiger partial charge in [-0.1, -0.05) is 44.2 Å². The maximum atomic E-state index is 13.4. The van der Waals surface area contributed by atoms with Crippen molar-refractivity contribution in [2.45, 2.75) is 50.7 Å². The van der Waals surface area contributed by atoms with Gasteiger partial charge in [0.1, 0.15) is 12.4 Å². The highest BCUT2D eigenvalue weighted by Crippen LogP contribution is 2.20. The molecule has 9 heteroatoms. The smallest absolute Gasteiger partial charge is 0.257 e. The van der Waals surface area contributed by atoms with Gasteiger partial charge >= 0.3 is 0 Å². The van der Waals surface area contributed by atoms with Crippen molar-refractivity contribution in [1.29, 1.82) is 0 Å². The normalized spacial score (nSPS) is 14.1. The average Bonchev–Trinajstić information content (AvgIpc) is 2.81. The summed E-state index contributed by atoms with van der Waals surface area (Å²) in [6.45, 7) is 5.89. The Morgan fingerprint density at radius 1 is 1.09 bits per heavy atom. The number of hydrogen-bond acceptors (Lipinski definition) is 6. The summed E-state index contributed by atoms with van der Waals surface area (Å²) in [4.78, 5) is 33.5. The molecule has 184 valence electrons. The first-order chi connectivity index (χ1) is 16.6. The minimum atomic E-state index is -3.32. The molecule has 0 bridgehead atoms. The summed E-state index contributed by atoms with van der Waals surface area (Å²) in [5, 5.41) is 2.75. The number of rotatable bonds is 7. The summed E-state index contributed by atoms with van der Waals surface area (Å²) in [7, 11) is -3.32. The third-order valence-electron chi connectivity index (χ3n) is 6.06. The number of benzene rings is 2. The second kappa shape index (κ2) is 10.1. The van der Waals surface area contributed by atoms with Crippen LogP contribution in [0.3, 0.4) is 0 Å². The van der Waals surface area contributed by atoms with Crippen molar-refractivity contribution < 1.29 is 13.2 Å². The molecular formula is C26H30N4O4S. The topological polar surface area (TPSA) is 101 Å². The lowest BCUT2D eigenvalue weighted by Crippen LogP contribution is -2.40. The van der Waals surface area contributed by atoms with Crippen LogP contribution in [0.4, 0.5) is 5.69 Å². The highest BCUT2D eigenvalue weighted by Gasteiger charge is 2.25. The predicted octanol–water partition coefficient (Wildman–Crippen LogP) is 2.97. The number of hydrogen-bond donors (Lipinski definition) is 1. The van der Waals surface area contributed by atoms with E-state index in [-0.39, 0.29) is 28.8 Å². The summed E-state index contributed by atoms with van der Waals surface area (Å²) < 4.78 is 24.7. The van der Waals surface area contributed by atoms with Gasteiger partial charge in [-0.05, 0) is 36.2 Å². The Balaban J connectivity index is 1.53. The molecule has 0 aliphatic carbocycles. The van der Waals surface area contributed by atoms with Crippen LogP contribution in [-0.4, -0.2) is 41.6 Å². The Labute approximate surface area is 205 Å². The molecule has 0 atom stereocenters. The highest BCUT2D eigenvalue weighted by atomic mass is 32.2. The largest absolute Gasteiger partial charge is 0.325 e. The van der Waals surface area contributed by atoms with E-state index in [9.17, 15) is 18.0 Å². The number of nitrogens with one attached hydrogen (secondary N) is 1. The van der Waals surface area contributed by atoms with E-state index in [1.165, 1.54) is 34.4 Å². The number of carbonyl (C=O) groups excluding carboxylic acids is 1. The quantitative estimate of drug-likeness (QED) is 0.542. The van der Waals surface area contributed by atoms with Crippen molar-refractivity contribution in [2.75, 3.05) is 18.1 Å². The predicted molar refractivity (Wildman–Crippen MR) is 135 cm³/mol. The molecule has 1 aliphatic heterocycles. The molecule has 0 saturated heterocycles. The molecule has 0 unspecified atom stereocenters. The molecule has 4 rings (SSSR count). The Kier molecular flexibility index (Phi) is 7.18. The average molecular weight is 495 g/mol. The first-order valence-electron chi connectivity index (χ1n) is 11.6. The fourth-order valence-corrected chi connectivity index (χ4v) is 4.93. The van der Waals surface area contributed by atoms with Gasteiger partial charge in [-0.3, -0.25) is 19.1 Å². The number of sulfone groups is 1. The van der Waals surface area contributed by atoms with E-state index in [0.29, 0.717) is 30.0 Å². The highest BCUT2D eigenvalue weighted by molar-refractivity contribution is 7.90. The Morgan fingerprint density at radius 2 is 1.77 bits per heavy atom. The lowest BCUT2D eigenvalue weighted by atomic mass is 10.0. The van der Waals surface area contributed by atoms with Crippen LogP contribution in [0.1, 0.15) is 42.4 Å². The molecule has 0 fully saturated rings. The van der Waals surface area contributed by atoms with Gasteiger partial charge in [-0.2, -0.15) is 0 Å². The van der Waals surface area contributed by atoms with Crippen LogP contribution < -0.4 is 10.9 Å². The molecule has 2 heterocycles. The van der Waals surface area contributed by atoms with Crippen molar-refractivity contribution in [3.05, 3.63) is 87.6 Å². The molecule has 0 saturated carbocycles. The van der Waals surface area contributed by atoms with E-state index in [1.807, 2.05) is 32.0 Å². The number of nitrogens with zero attached hydrogens (tertiary/aromatic N) is 3. The second-order valence-electron chi connectivity index (χ2n) is 9.23. The SMILES string of the molecule is CC(C)c1nc2c(c(=O)n1CC(=O)Nc1ccc(S(C)(=O)=O)cc1)CCN(Cc1ccccc1)C2. The molecular weight excluding hydrogens is 464 g/mol. The van der Waals surface area contributed by atoms with Crippen molar-refractivity contribution in [3.63, 3.8) is 0 Å². The van der Waals surface area contributed by atoms with Crippen LogP contribution >= 0.6 is 0 Å². The fourth-order valence-electron chi connectivity index (χ4n) is 4.30. The van der Waals surface area contributed by atoms with Gasteiger partial charge in [-0.25, -0.2) is 13.4 Å². The lowest BCUT2D eigenvalue weighted by molar-refractivity contribution is -0.116. The first kappa shape index (κ1) is 24.8. The molecule has 0 spiro atoms. The van der Waals surface area contributed by atoms with Crippen LogP contribution in [0, 0.1) is 0 Å². The summed E-state index contributed by atoms with van der Waals surface area (Å²) in [6, 6.07) is 16.2. The maximum Gasteiger partial charge on any atom is 0.257 e. The first-order valence-corrected chi connectivity index (χ1v) is 13.5. The van der Waals surface area contributed by atoms with Crippen molar-refractivity contribution >= 4 is 21.4 Å². The zero-order valence-electron chi connectivity index (χ0n) is 20.2. The van der Waals surface area contributed by atoms with Crippen LogP contribution in [-0.2, 0) is 40.7 Å². The summed E-state index contributed by atoms with van der Waals surface area (Å²) >= 11 is 0. The molecule has 3 aromatic rings. The molecule has 1 N–H and O–H groups in total. The van der Waals surface area contributed by atoms with E-state index in [4.69, 9.17) is 4.98 Å². The van der Waals surface area contributed by atoms with Gasteiger partial charge in [0, 0.05) is 43.1 Å². The molecule has 1 amide bonds. The van der Waals surface area contributed by atoms with Crippen LogP contribution in [0.15, 0.2) is 64.3 Å². The van der Waals surface area contributed by atoms with E-state index in [2.05, 4.69) is 22.3 Å². The third-order valence-corrected chi connectivity index (χ3v) is 7.19. The number of fused-ring (bicyclic) bond motifs is 1. The second-order valence-corrected chi connectivity index (χ2v) is 11.2. The van der Waals surface area contributed by atoms with Gasteiger partial charge < -0.3 is 5.32 Å². The number of aromatic nitrogens is 2. The zero-order chi connectivity index (χ0) is 25.2. The zero-order valence-corrected chi connectivity index (χ0v) is 21.0. The Hall–Kier alpha value is -3.30. The standard InChI is InChI=1S/C26H30N4O4S/c1-18(2)25-28-23-16-29(15-19-7-5-4-6-8-19)14-13-22(23)26(32)30(25)17-24(31)27-20-9-11-21(12-10-20)35(3,33)34/h4-12,18H,13-17H2,1-3H3,(H,27,31). The monoisotopic (exact) mass is 494 g/mol. The van der Waals surface area contributed by atoms with E-state index in [0.717, 1.165) is 25.0 Å². The van der Waals surface area contributed by atoms with Crippen molar-refractivity contribution in [2.24, 2.45) is 0 Å². The lowest BCUT2D eigenvalue weighted by Gasteiger charge is -2.29. The summed E-state index contributed by atoms with van der Waals surface area (Å²) in [5.41, 5.74) is 2.97. The van der Waals surface area contributed by atoms with Gasteiger partial charge in [0.05, 0.1) is 10.6 Å². The molecule has 1 aliphatic rings. The van der Waals surface area contributed by atoms with Gasteiger partial charge in [-0.15, -0.1) is 0 Å². The fraction of sp³-hybridized carbons (Fsp3) is 0.346. The van der Waals surface area contributed by atoms with Crippen molar-refractivity contribution in [3.8, 4) is 0 Å². The number of anilines is 1. The van der Waals surface area contributed by atoms with Gasteiger partial charge in [0.15, 0.2) is 9.84 Å². The summed E-state index contributed by atoms with van der Waals surface area (Å²) in [6.07, 6.45) is 1.71. The minimum absolute atomic E-state index is 0.0423. The van der Waals surface area contributed by atoms with E-state index in [1.54, 1.807) is 0 Å². The molecule has 0 radical (unpaired) electrons. The van der Waals surface area contributed by atoms with E-state index >= 15 is 0 Å². The van der Waals surface area contributed by atoms with Crippen LogP contribution in [0.2, 0.25) is 0 Å². The number of carbonyl (C=O) groups is 1. The van der Waals surface area contributed by atoms with Crippen LogP contribution in [0.5, 0.6) is 0 Å². The van der Waals surface area contributed by atoms with Gasteiger partial charge in [0.2, 0.25) is 5.91 Å². The Bertz CT molecular complexity index is 1380. The van der Waals surface area contributed by atoms with Crippen LogP contribution in [0.25, 0.3) is 0 Å². The van der Waals surface area contributed by atoms with Crippen molar-refractivity contribution in [1.82, 2.24) is 14.5 Å². The Morgan fingerprint density at radius 3 is 2.40 bits per heavy atom. The maximum absolute atomic E-state index is 13.4. The number of amides is 1. The minimum Gasteiger partial charge on any atom is -0.325 e. The molecule has 8 nitrogen and oxygen atoms in total.